The molecule has 0 bridgehead atoms. The van der Waals surface area contributed by atoms with Gasteiger partial charge >= 0.3 is 0 Å². The molecule has 2 N–H and O–H groups in total. The molecule has 0 radical (unpaired) electrons. The Morgan fingerprint density at radius 2 is 2.07 bits per heavy atom. The van der Waals surface area contributed by atoms with E-state index < -0.39 is 5.60 Å². The van der Waals surface area contributed by atoms with Crippen molar-refractivity contribution in [2.75, 3.05) is 45.1 Å². The Labute approximate surface area is 184 Å². The number of ether oxygens (including phenoxy) is 1. The summed E-state index contributed by atoms with van der Waals surface area (Å²) in [4.78, 5) is 8.45. The zero-order valence-electron chi connectivity index (χ0n) is 16.1. The van der Waals surface area contributed by atoms with E-state index in [1.165, 1.54) is 11.3 Å². The van der Waals surface area contributed by atoms with Crippen LogP contribution in [0.25, 0.3) is 0 Å². The van der Waals surface area contributed by atoms with E-state index in [-0.39, 0.29) is 24.0 Å². The number of likely N-dealkylation sites (tertiary alicyclic amines) is 1. The van der Waals surface area contributed by atoms with Crippen LogP contribution in [0.1, 0.15) is 26.2 Å². The molecule has 2 heterocycles. The smallest absolute Gasteiger partial charge is 0.194 e. The van der Waals surface area contributed by atoms with Gasteiger partial charge in [0.1, 0.15) is 0 Å². The number of aliphatic imine (C=N–C) groups is 1. The lowest BCUT2D eigenvalue weighted by Crippen LogP contribution is -2.43. The molecule has 2 fully saturated rings. The van der Waals surface area contributed by atoms with E-state index in [1.54, 1.807) is 0 Å². The first-order valence-electron chi connectivity index (χ1n) is 9.70. The molecule has 1 aromatic rings. The number of rotatable bonds is 6. The van der Waals surface area contributed by atoms with Crippen molar-refractivity contribution in [1.82, 2.24) is 10.2 Å². The van der Waals surface area contributed by atoms with Gasteiger partial charge in [-0.05, 0) is 31.4 Å². The number of benzene rings is 1. The lowest BCUT2D eigenvalue weighted by molar-refractivity contribution is -0.0566. The van der Waals surface area contributed by atoms with E-state index in [0.29, 0.717) is 38.5 Å². The van der Waals surface area contributed by atoms with Crippen LogP contribution in [0.3, 0.4) is 0 Å². The predicted octanol–water partition coefficient (Wildman–Crippen LogP) is 3.23. The first-order valence-corrected chi connectivity index (χ1v) is 10.7. The topological polar surface area (TPSA) is 57.1 Å². The third kappa shape index (κ3) is 7.11. The minimum absolute atomic E-state index is 0. The average Bonchev–Trinajstić information content (AvgIpc) is 3.14. The highest BCUT2D eigenvalue weighted by molar-refractivity contribution is 14.0. The standard InChI is InChI=1S/C20H31N3O2S.HI/c1-2-21-19(22-16-20(24)9-12-25-13-10-20)23-11-8-17(14-23)15-26-18-6-4-3-5-7-18;/h3-7,17,24H,2,8-16H2,1H3,(H,21,22);1H. The van der Waals surface area contributed by atoms with Crippen LogP contribution in [-0.4, -0.2) is 66.7 Å². The summed E-state index contributed by atoms with van der Waals surface area (Å²) in [6, 6.07) is 10.6. The maximum absolute atomic E-state index is 10.7. The molecule has 7 heteroatoms. The highest BCUT2D eigenvalue weighted by Crippen LogP contribution is 2.26. The summed E-state index contributed by atoms with van der Waals surface area (Å²) in [5, 5.41) is 14.1. The summed E-state index contributed by atoms with van der Waals surface area (Å²) in [7, 11) is 0. The molecule has 1 unspecified atom stereocenters. The van der Waals surface area contributed by atoms with Gasteiger partial charge in [0.15, 0.2) is 5.96 Å². The van der Waals surface area contributed by atoms with E-state index in [1.807, 2.05) is 11.8 Å². The third-order valence-corrected chi connectivity index (χ3v) is 6.34. The number of aliphatic hydroxyl groups is 1. The molecule has 0 saturated carbocycles. The molecule has 0 spiro atoms. The van der Waals surface area contributed by atoms with Crippen LogP contribution in [0.2, 0.25) is 0 Å². The Morgan fingerprint density at radius 3 is 2.78 bits per heavy atom. The van der Waals surface area contributed by atoms with Gasteiger partial charge in [-0.1, -0.05) is 18.2 Å². The van der Waals surface area contributed by atoms with Crippen molar-refractivity contribution >= 4 is 41.7 Å². The molecule has 27 heavy (non-hydrogen) atoms. The molecule has 2 aliphatic heterocycles. The second kappa shape index (κ2) is 11.5. The van der Waals surface area contributed by atoms with Gasteiger partial charge in [-0.25, -0.2) is 0 Å². The summed E-state index contributed by atoms with van der Waals surface area (Å²) in [6.07, 6.45) is 2.54. The van der Waals surface area contributed by atoms with Gasteiger partial charge in [0.05, 0.1) is 12.1 Å². The minimum atomic E-state index is -0.707. The van der Waals surface area contributed by atoms with Crippen LogP contribution < -0.4 is 5.32 Å². The van der Waals surface area contributed by atoms with Crippen molar-refractivity contribution in [3.8, 4) is 0 Å². The van der Waals surface area contributed by atoms with Gasteiger partial charge in [-0.15, -0.1) is 35.7 Å². The zero-order chi connectivity index (χ0) is 18.2. The van der Waals surface area contributed by atoms with Gasteiger partial charge < -0.3 is 20.1 Å². The van der Waals surface area contributed by atoms with E-state index in [9.17, 15) is 5.11 Å². The Hall–Kier alpha value is -0.510. The fraction of sp³-hybridized carbons (Fsp3) is 0.650. The summed E-state index contributed by atoms with van der Waals surface area (Å²) >= 11 is 1.94. The van der Waals surface area contributed by atoms with E-state index in [0.717, 1.165) is 31.3 Å². The highest BCUT2D eigenvalue weighted by atomic mass is 127. The van der Waals surface area contributed by atoms with Gasteiger partial charge in [0.25, 0.3) is 0 Å². The summed E-state index contributed by atoms with van der Waals surface area (Å²) in [5.41, 5.74) is -0.707. The molecule has 3 rings (SSSR count). The van der Waals surface area contributed by atoms with Crippen molar-refractivity contribution in [3.63, 3.8) is 0 Å². The molecule has 1 aromatic carbocycles. The molecular formula is C20H32IN3O2S. The fourth-order valence-electron chi connectivity index (χ4n) is 3.45. The van der Waals surface area contributed by atoms with E-state index in [2.05, 4.69) is 47.5 Å². The molecule has 2 saturated heterocycles. The van der Waals surface area contributed by atoms with Crippen molar-refractivity contribution in [1.29, 1.82) is 0 Å². The van der Waals surface area contributed by atoms with Crippen LogP contribution in [0.5, 0.6) is 0 Å². The van der Waals surface area contributed by atoms with E-state index >= 15 is 0 Å². The number of guanidine groups is 1. The van der Waals surface area contributed by atoms with Gasteiger partial charge in [0.2, 0.25) is 0 Å². The summed E-state index contributed by atoms with van der Waals surface area (Å²) in [6.45, 7) is 6.73. The van der Waals surface area contributed by atoms with Crippen LogP contribution >= 0.6 is 35.7 Å². The second-order valence-corrected chi connectivity index (χ2v) is 8.33. The zero-order valence-corrected chi connectivity index (χ0v) is 19.2. The number of halogens is 1. The summed E-state index contributed by atoms with van der Waals surface area (Å²) in [5.74, 6) is 2.76. The number of nitrogens with one attached hydrogen (secondary N) is 1. The minimum Gasteiger partial charge on any atom is -0.388 e. The maximum atomic E-state index is 10.7. The Balaban J connectivity index is 0.00000261. The first-order chi connectivity index (χ1) is 12.7. The van der Waals surface area contributed by atoms with Crippen molar-refractivity contribution in [2.45, 2.75) is 36.7 Å². The molecule has 0 aromatic heterocycles. The first kappa shape index (κ1) is 22.8. The molecular weight excluding hydrogens is 473 g/mol. The van der Waals surface area contributed by atoms with Crippen LogP contribution in [-0.2, 0) is 4.74 Å². The van der Waals surface area contributed by atoms with Crippen molar-refractivity contribution in [2.24, 2.45) is 10.9 Å². The van der Waals surface area contributed by atoms with E-state index in [4.69, 9.17) is 9.73 Å². The normalized spacial score (nSPS) is 22.4. The molecule has 1 atom stereocenters. The molecule has 5 nitrogen and oxygen atoms in total. The highest BCUT2D eigenvalue weighted by Gasteiger charge is 2.31. The largest absolute Gasteiger partial charge is 0.388 e. The molecule has 0 amide bonds. The monoisotopic (exact) mass is 505 g/mol. The van der Waals surface area contributed by atoms with Crippen LogP contribution in [0.4, 0.5) is 0 Å². The lowest BCUT2D eigenvalue weighted by Gasteiger charge is -2.31. The SMILES string of the molecule is CCNC(=NCC1(O)CCOCC1)N1CCC(CSc2ccccc2)C1.I. The van der Waals surface area contributed by atoms with Crippen LogP contribution in [0, 0.1) is 5.92 Å². The van der Waals surface area contributed by atoms with Crippen molar-refractivity contribution < 1.29 is 9.84 Å². The Kier molecular flexibility index (Phi) is 9.69. The number of hydrogen-bond acceptors (Lipinski definition) is 4. The average molecular weight is 505 g/mol. The van der Waals surface area contributed by atoms with Crippen molar-refractivity contribution in [3.05, 3.63) is 30.3 Å². The third-order valence-electron chi connectivity index (χ3n) is 5.10. The quantitative estimate of drug-likeness (QED) is 0.269. The van der Waals surface area contributed by atoms with Gasteiger partial charge in [-0.2, -0.15) is 0 Å². The number of nitrogens with zero attached hydrogens (tertiary/aromatic N) is 2. The molecule has 152 valence electrons. The van der Waals surface area contributed by atoms with Crippen LogP contribution in [0.15, 0.2) is 40.2 Å². The Morgan fingerprint density at radius 1 is 1.33 bits per heavy atom. The number of hydrogen-bond donors (Lipinski definition) is 2. The summed E-state index contributed by atoms with van der Waals surface area (Å²) < 4.78 is 5.36. The van der Waals surface area contributed by atoms with Gasteiger partial charge in [0, 0.05) is 56.3 Å². The number of thioether (sulfide) groups is 1. The second-order valence-electron chi connectivity index (χ2n) is 7.23. The molecule has 2 aliphatic rings. The predicted molar refractivity (Wildman–Crippen MR) is 123 cm³/mol. The van der Waals surface area contributed by atoms with Gasteiger partial charge in [-0.3, -0.25) is 4.99 Å². The molecule has 0 aliphatic carbocycles. The maximum Gasteiger partial charge on any atom is 0.194 e. The Bertz CT molecular complexity index is 582. The lowest BCUT2D eigenvalue weighted by atomic mass is 9.95. The fourth-order valence-corrected chi connectivity index (χ4v) is 4.50.